The Morgan fingerprint density at radius 2 is 1.80 bits per heavy atom. The van der Waals surface area contributed by atoms with Gasteiger partial charge < -0.3 is 14.6 Å². The number of hydrogen-bond acceptors (Lipinski definition) is 3. The van der Waals surface area contributed by atoms with Gasteiger partial charge in [-0.1, -0.05) is 36.4 Å². The Bertz CT molecular complexity index is 927. The van der Waals surface area contributed by atoms with Gasteiger partial charge in [-0.3, -0.25) is 9.59 Å². The lowest BCUT2D eigenvalue weighted by Crippen LogP contribution is -2.29. The van der Waals surface area contributed by atoms with Crippen LogP contribution in [0.3, 0.4) is 0 Å². The predicted octanol–water partition coefficient (Wildman–Crippen LogP) is 3.33. The summed E-state index contributed by atoms with van der Waals surface area (Å²) in [4.78, 5) is 29.0. The molecule has 0 unspecified atom stereocenters. The molecule has 1 aromatic heterocycles. The highest BCUT2D eigenvalue weighted by Crippen LogP contribution is 2.32. The van der Waals surface area contributed by atoms with Crippen LogP contribution in [-0.4, -0.2) is 35.7 Å². The summed E-state index contributed by atoms with van der Waals surface area (Å²) in [5.74, 6) is -0.525. The molecule has 1 heterocycles. The van der Waals surface area contributed by atoms with Gasteiger partial charge in [0, 0.05) is 20.3 Å². The third-order valence-corrected chi connectivity index (χ3v) is 4.09. The number of aromatic nitrogens is 1. The summed E-state index contributed by atoms with van der Waals surface area (Å²) in [7, 11) is 3.13. The van der Waals surface area contributed by atoms with Crippen LogP contribution in [0.5, 0.6) is 5.75 Å². The molecule has 3 aromatic rings. The number of benzene rings is 2. The van der Waals surface area contributed by atoms with Crippen molar-refractivity contribution in [3.63, 3.8) is 0 Å². The second-order valence-electron chi connectivity index (χ2n) is 6.14. The van der Waals surface area contributed by atoms with Crippen LogP contribution in [0.4, 0.5) is 0 Å². The van der Waals surface area contributed by atoms with Crippen molar-refractivity contribution in [3.8, 4) is 5.75 Å². The number of Topliss-reactive ketones (excluding diaryl/α,β-unsaturated/α-hetero) is 1. The van der Waals surface area contributed by atoms with Crippen LogP contribution in [0.1, 0.15) is 21.5 Å². The number of carbonyl (C=O) groups excluding carboxylic acids is 2. The number of ether oxygens (including phenoxy) is 1. The average Bonchev–Trinajstić information content (AvgIpc) is 3.07. The Balaban J connectivity index is 2.01. The second-order valence-corrected chi connectivity index (χ2v) is 6.14. The van der Waals surface area contributed by atoms with Crippen LogP contribution < -0.4 is 4.74 Å². The van der Waals surface area contributed by atoms with Gasteiger partial charge in [-0.05, 0) is 24.1 Å². The van der Waals surface area contributed by atoms with Crippen LogP contribution in [0.15, 0.2) is 48.7 Å². The highest BCUT2D eigenvalue weighted by molar-refractivity contribution is 6.45. The van der Waals surface area contributed by atoms with Crippen molar-refractivity contribution >= 4 is 22.6 Å². The fourth-order valence-electron chi connectivity index (χ4n) is 2.71. The zero-order valence-corrected chi connectivity index (χ0v) is 14.5. The standard InChI is InChI=1S/C20H20N2O3/c1-13-9-10-16(25-12-14-7-5-4-6-8-14)17-15(11-21-18(13)17)19(23)20(24)22(2)3/h4-11,21H,12H2,1-3H3. The number of nitrogens with zero attached hydrogens (tertiary/aromatic N) is 1. The van der Waals surface area contributed by atoms with E-state index < -0.39 is 11.7 Å². The third kappa shape index (κ3) is 3.26. The smallest absolute Gasteiger partial charge is 0.294 e. The molecule has 5 heteroatoms. The minimum absolute atomic E-state index is 0.334. The normalized spacial score (nSPS) is 10.7. The summed E-state index contributed by atoms with van der Waals surface area (Å²) in [6.07, 6.45) is 1.58. The maximum absolute atomic E-state index is 12.5. The molecule has 2 aromatic carbocycles. The molecule has 0 spiro atoms. The molecular weight excluding hydrogens is 316 g/mol. The minimum atomic E-state index is -0.559. The monoisotopic (exact) mass is 336 g/mol. The zero-order valence-electron chi connectivity index (χ0n) is 14.5. The number of rotatable bonds is 5. The van der Waals surface area contributed by atoms with Crippen molar-refractivity contribution in [1.82, 2.24) is 9.88 Å². The number of H-pyrrole nitrogens is 1. The predicted molar refractivity (Wildman–Crippen MR) is 96.8 cm³/mol. The van der Waals surface area contributed by atoms with Crippen LogP contribution in [-0.2, 0) is 11.4 Å². The molecule has 3 rings (SSSR count). The molecule has 0 aliphatic rings. The van der Waals surface area contributed by atoms with E-state index >= 15 is 0 Å². The van der Waals surface area contributed by atoms with Gasteiger partial charge in [0.25, 0.3) is 11.7 Å². The number of likely N-dealkylation sites (N-methyl/N-ethyl adjacent to an activating group) is 1. The molecule has 0 bridgehead atoms. The highest BCUT2D eigenvalue weighted by Gasteiger charge is 2.24. The van der Waals surface area contributed by atoms with Gasteiger partial charge in [0.2, 0.25) is 0 Å². The fourth-order valence-corrected chi connectivity index (χ4v) is 2.71. The Morgan fingerprint density at radius 3 is 2.48 bits per heavy atom. The van der Waals surface area contributed by atoms with Gasteiger partial charge in [-0.15, -0.1) is 0 Å². The van der Waals surface area contributed by atoms with E-state index in [0.717, 1.165) is 16.6 Å². The lowest BCUT2D eigenvalue weighted by atomic mass is 10.0. The molecular formula is C20H20N2O3. The largest absolute Gasteiger partial charge is 0.488 e. The second kappa shape index (κ2) is 6.81. The molecule has 0 aliphatic carbocycles. The van der Waals surface area contributed by atoms with Gasteiger partial charge >= 0.3 is 0 Å². The molecule has 1 N–H and O–H groups in total. The maximum atomic E-state index is 12.5. The quantitative estimate of drug-likeness (QED) is 0.574. The van der Waals surface area contributed by atoms with E-state index in [0.29, 0.717) is 23.3 Å². The van der Waals surface area contributed by atoms with Crippen LogP contribution >= 0.6 is 0 Å². The van der Waals surface area contributed by atoms with E-state index in [4.69, 9.17) is 4.74 Å². The number of fused-ring (bicyclic) bond motifs is 1. The molecule has 5 nitrogen and oxygen atoms in total. The van der Waals surface area contributed by atoms with Gasteiger partial charge in [0.05, 0.1) is 16.5 Å². The van der Waals surface area contributed by atoms with E-state index in [1.54, 1.807) is 20.3 Å². The third-order valence-electron chi connectivity index (χ3n) is 4.09. The number of nitrogens with one attached hydrogen (secondary N) is 1. The molecule has 128 valence electrons. The Kier molecular flexibility index (Phi) is 4.57. The lowest BCUT2D eigenvalue weighted by Gasteiger charge is -2.11. The topological polar surface area (TPSA) is 62.4 Å². The van der Waals surface area contributed by atoms with Crippen LogP contribution in [0, 0.1) is 6.92 Å². The number of carbonyl (C=O) groups is 2. The van der Waals surface area contributed by atoms with Crippen molar-refractivity contribution < 1.29 is 14.3 Å². The number of amides is 1. The minimum Gasteiger partial charge on any atom is -0.488 e. The van der Waals surface area contributed by atoms with E-state index in [2.05, 4.69) is 4.98 Å². The first kappa shape index (κ1) is 16.8. The van der Waals surface area contributed by atoms with E-state index in [-0.39, 0.29) is 0 Å². The fraction of sp³-hybridized carbons (Fsp3) is 0.200. The summed E-state index contributed by atoms with van der Waals surface area (Å²) in [6, 6.07) is 13.6. The molecule has 0 radical (unpaired) electrons. The SMILES string of the molecule is Cc1ccc(OCc2ccccc2)c2c(C(=O)C(=O)N(C)C)c[nH]c12. The van der Waals surface area contributed by atoms with E-state index in [1.165, 1.54) is 4.90 Å². The number of aromatic amines is 1. The molecule has 0 fully saturated rings. The molecule has 0 saturated heterocycles. The first-order valence-corrected chi connectivity index (χ1v) is 8.02. The zero-order chi connectivity index (χ0) is 18.0. The lowest BCUT2D eigenvalue weighted by molar-refractivity contribution is -0.124. The van der Waals surface area contributed by atoms with Gasteiger partial charge in [0.15, 0.2) is 0 Å². The average molecular weight is 336 g/mol. The molecule has 1 amide bonds. The van der Waals surface area contributed by atoms with E-state index in [1.807, 2.05) is 49.4 Å². The Labute approximate surface area is 146 Å². The molecule has 0 aliphatic heterocycles. The van der Waals surface area contributed by atoms with Gasteiger partial charge in [-0.2, -0.15) is 0 Å². The summed E-state index contributed by atoms with van der Waals surface area (Å²) in [5.41, 5.74) is 3.16. The van der Waals surface area contributed by atoms with Crippen molar-refractivity contribution in [2.45, 2.75) is 13.5 Å². The first-order chi connectivity index (χ1) is 12.0. The molecule has 25 heavy (non-hydrogen) atoms. The highest BCUT2D eigenvalue weighted by atomic mass is 16.5. The van der Waals surface area contributed by atoms with E-state index in [9.17, 15) is 9.59 Å². The number of hydrogen-bond donors (Lipinski definition) is 1. The van der Waals surface area contributed by atoms with Crippen molar-refractivity contribution in [2.24, 2.45) is 0 Å². The summed E-state index contributed by atoms with van der Waals surface area (Å²) < 4.78 is 5.95. The summed E-state index contributed by atoms with van der Waals surface area (Å²) in [6.45, 7) is 2.33. The molecule has 0 saturated carbocycles. The summed E-state index contributed by atoms with van der Waals surface area (Å²) in [5, 5.41) is 0.649. The number of aryl methyl sites for hydroxylation is 1. The van der Waals surface area contributed by atoms with Gasteiger partial charge in [-0.25, -0.2) is 0 Å². The van der Waals surface area contributed by atoms with Crippen molar-refractivity contribution in [2.75, 3.05) is 14.1 Å². The van der Waals surface area contributed by atoms with Crippen molar-refractivity contribution in [3.05, 3.63) is 65.4 Å². The maximum Gasteiger partial charge on any atom is 0.294 e. The Hall–Kier alpha value is -3.08. The first-order valence-electron chi connectivity index (χ1n) is 8.02. The molecule has 0 atom stereocenters. The summed E-state index contributed by atoms with van der Waals surface area (Å²) >= 11 is 0. The van der Waals surface area contributed by atoms with Crippen LogP contribution in [0.2, 0.25) is 0 Å². The number of ketones is 1. The van der Waals surface area contributed by atoms with Gasteiger partial charge in [0.1, 0.15) is 12.4 Å². The Morgan fingerprint density at radius 1 is 1.08 bits per heavy atom. The van der Waals surface area contributed by atoms with Crippen molar-refractivity contribution in [1.29, 1.82) is 0 Å². The van der Waals surface area contributed by atoms with Crippen LogP contribution in [0.25, 0.3) is 10.9 Å².